The molecule has 0 bridgehead atoms. The van der Waals surface area contributed by atoms with Crippen molar-refractivity contribution in [3.8, 4) is 5.75 Å². The minimum absolute atomic E-state index is 0.174. The summed E-state index contributed by atoms with van der Waals surface area (Å²) in [7, 11) is 1.35. The van der Waals surface area contributed by atoms with E-state index in [1.807, 2.05) is 24.3 Å². The predicted octanol–water partition coefficient (Wildman–Crippen LogP) is 3.12. The van der Waals surface area contributed by atoms with Gasteiger partial charge >= 0.3 is 5.97 Å². The van der Waals surface area contributed by atoms with E-state index in [1.54, 1.807) is 18.2 Å². The Morgan fingerprint density at radius 1 is 1.05 bits per heavy atom. The highest BCUT2D eigenvalue weighted by Gasteiger charge is 2.09. The smallest absolute Gasteiger partial charge is 0.309 e. The van der Waals surface area contributed by atoms with Crippen molar-refractivity contribution in [1.82, 2.24) is 0 Å². The van der Waals surface area contributed by atoms with E-state index in [9.17, 15) is 9.18 Å². The van der Waals surface area contributed by atoms with Gasteiger partial charge in [-0.3, -0.25) is 4.79 Å². The summed E-state index contributed by atoms with van der Waals surface area (Å²) in [5, 5.41) is 0. The molecule has 20 heavy (non-hydrogen) atoms. The summed E-state index contributed by atoms with van der Waals surface area (Å²) in [5.41, 5.74) is 1.65. The number of hydrogen-bond acceptors (Lipinski definition) is 3. The minimum atomic E-state index is -0.405. The number of rotatable bonds is 5. The van der Waals surface area contributed by atoms with Gasteiger partial charge in [0.15, 0.2) is 11.6 Å². The molecule has 2 rings (SSSR count). The van der Waals surface area contributed by atoms with E-state index in [-0.39, 0.29) is 24.7 Å². The molecule has 0 heterocycles. The third kappa shape index (κ3) is 3.57. The van der Waals surface area contributed by atoms with Crippen molar-refractivity contribution >= 4 is 5.97 Å². The molecule has 0 fully saturated rings. The van der Waals surface area contributed by atoms with Gasteiger partial charge < -0.3 is 9.47 Å². The molecule has 0 radical (unpaired) electrons. The van der Waals surface area contributed by atoms with E-state index < -0.39 is 5.82 Å². The fourth-order valence-electron chi connectivity index (χ4n) is 1.82. The molecule has 0 N–H and O–H groups in total. The van der Waals surface area contributed by atoms with Gasteiger partial charge in [-0.2, -0.15) is 0 Å². The van der Waals surface area contributed by atoms with Gasteiger partial charge in [0.2, 0.25) is 0 Å². The zero-order valence-corrected chi connectivity index (χ0v) is 11.1. The molecule has 4 heteroatoms. The van der Waals surface area contributed by atoms with Crippen LogP contribution in [0.25, 0.3) is 0 Å². The van der Waals surface area contributed by atoms with Crippen molar-refractivity contribution in [2.24, 2.45) is 0 Å². The molecule has 0 aliphatic carbocycles. The molecule has 0 saturated heterocycles. The molecule has 3 nitrogen and oxygen atoms in total. The van der Waals surface area contributed by atoms with Crippen LogP contribution >= 0.6 is 0 Å². The highest BCUT2D eigenvalue weighted by molar-refractivity contribution is 5.72. The molecule has 0 unspecified atom stereocenters. The number of carbonyl (C=O) groups is 1. The highest BCUT2D eigenvalue weighted by atomic mass is 19.1. The van der Waals surface area contributed by atoms with E-state index in [2.05, 4.69) is 4.74 Å². The molecule has 104 valence electrons. The van der Waals surface area contributed by atoms with Crippen molar-refractivity contribution < 1.29 is 18.7 Å². The molecular formula is C16H15FO3. The molecule has 0 saturated carbocycles. The Labute approximate surface area is 117 Å². The Morgan fingerprint density at radius 3 is 2.40 bits per heavy atom. The van der Waals surface area contributed by atoms with Crippen LogP contribution in [0.4, 0.5) is 4.39 Å². The van der Waals surface area contributed by atoms with Gasteiger partial charge in [0, 0.05) is 0 Å². The quantitative estimate of drug-likeness (QED) is 0.786. The van der Waals surface area contributed by atoms with Gasteiger partial charge in [0.1, 0.15) is 6.61 Å². The monoisotopic (exact) mass is 274 g/mol. The number of ether oxygens (including phenoxy) is 2. The van der Waals surface area contributed by atoms with Crippen LogP contribution in [0, 0.1) is 5.82 Å². The number of hydrogen-bond donors (Lipinski definition) is 0. The minimum Gasteiger partial charge on any atom is -0.486 e. The van der Waals surface area contributed by atoms with Crippen LogP contribution in [0.1, 0.15) is 11.1 Å². The zero-order valence-electron chi connectivity index (χ0n) is 11.1. The summed E-state index contributed by atoms with van der Waals surface area (Å²) < 4.78 is 23.6. The first-order valence-corrected chi connectivity index (χ1v) is 6.21. The summed E-state index contributed by atoms with van der Waals surface area (Å²) in [6.07, 6.45) is 0.174. The van der Waals surface area contributed by atoms with Crippen LogP contribution in [0.2, 0.25) is 0 Å². The third-order valence-corrected chi connectivity index (χ3v) is 2.90. The second-order valence-corrected chi connectivity index (χ2v) is 4.24. The van der Waals surface area contributed by atoms with Gasteiger partial charge in [-0.05, 0) is 23.3 Å². The fraction of sp³-hybridized carbons (Fsp3) is 0.188. The normalized spacial score (nSPS) is 10.1. The molecular weight excluding hydrogens is 259 g/mol. The average Bonchev–Trinajstić information content (AvgIpc) is 2.47. The maximum atomic E-state index is 13.5. The van der Waals surface area contributed by atoms with Crippen LogP contribution in [-0.4, -0.2) is 13.1 Å². The van der Waals surface area contributed by atoms with Crippen molar-refractivity contribution in [2.75, 3.05) is 7.11 Å². The highest BCUT2D eigenvalue weighted by Crippen LogP contribution is 2.18. The number of esters is 1. The number of para-hydroxylation sites is 1. The topological polar surface area (TPSA) is 35.5 Å². The zero-order chi connectivity index (χ0) is 14.4. The number of halogens is 1. The first-order chi connectivity index (χ1) is 9.70. The van der Waals surface area contributed by atoms with Crippen molar-refractivity contribution in [1.29, 1.82) is 0 Å². The predicted molar refractivity (Wildman–Crippen MR) is 72.9 cm³/mol. The maximum Gasteiger partial charge on any atom is 0.309 e. The van der Waals surface area contributed by atoms with E-state index >= 15 is 0 Å². The van der Waals surface area contributed by atoms with Gasteiger partial charge in [-0.1, -0.05) is 36.4 Å². The first-order valence-electron chi connectivity index (χ1n) is 6.21. The lowest BCUT2D eigenvalue weighted by atomic mass is 10.1. The standard InChI is InChI=1S/C16H15FO3/c1-19-16(18)10-12-6-2-3-7-13(12)11-20-15-9-5-4-8-14(15)17/h2-9H,10-11H2,1H3. The Kier molecular flexibility index (Phi) is 4.71. The van der Waals surface area contributed by atoms with Crippen LogP contribution in [0.15, 0.2) is 48.5 Å². The molecule has 0 atom stereocenters. The Hall–Kier alpha value is -2.36. The number of benzene rings is 2. The number of methoxy groups -OCH3 is 1. The molecule has 0 aromatic heterocycles. The second kappa shape index (κ2) is 6.70. The first kappa shape index (κ1) is 14.1. The van der Waals surface area contributed by atoms with Crippen LogP contribution in [0.3, 0.4) is 0 Å². The van der Waals surface area contributed by atoms with E-state index in [0.29, 0.717) is 0 Å². The van der Waals surface area contributed by atoms with E-state index in [0.717, 1.165) is 11.1 Å². The van der Waals surface area contributed by atoms with E-state index in [1.165, 1.54) is 13.2 Å². The second-order valence-electron chi connectivity index (χ2n) is 4.24. The lowest BCUT2D eigenvalue weighted by molar-refractivity contribution is -0.139. The molecule has 2 aromatic carbocycles. The lowest BCUT2D eigenvalue weighted by Crippen LogP contribution is -2.08. The molecule has 0 aliphatic rings. The van der Waals surface area contributed by atoms with Crippen LogP contribution in [-0.2, 0) is 22.6 Å². The van der Waals surface area contributed by atoms with Crippen molar-refractivity contribution in [3.05, 3.63) is 65.5 Å². The Balaban J connectivity index is 2.10. The summed E-state index contributed by atoms with van der Waals surface area (Å²) in [5.74, 6) is -0.526. The number of carbonyl (C=O) groups excluding carboxylic acids is 1. The van der Waals surface area contributed by atoms with Gasteiger partial charge in [0.05, 0.1) is 13.5 Å². The Morgan fingerprint density at radius 2 is 1.70 bits per heavy atom. The molecule has 0 aliphatic heterocycles. The summed E-state index contributed by atoms with van der Waals surface area (Å²) >= 11 is 0. The largest absolute Gasteiger partial charge is 0.486 e. The fourth-order valence-corrected chi connectivity index (χ4v) is 1.82. The molecule has 2 aromatic rings. The van der Waals surface area contributed by atoms with Crippen molar-refractivity contribution in [3.63, 3.8) is 0 Å². The van der Waals surface area contributed by atoms with Gasteiger partial charge in [-0.15, -0.1) is 0 Å². The molecule has 0 amide bonds. The maximum absolute atomic E-state index is 13.5. The molecule has 0 spiro atoms. The Bertz CT molecular complexity index is 596. The summed E-state index contributed by atoms with van der Waals surface area (Å²) in [6.45, 7) is 0.202. The van der Waals surface area contributed by atoms with Crippen LogP contribution in [0.5, 0.6) is 5.75 Å². The average molecular weight is 274 g/mol. The van der Waals surface area contributed by atoms with E-state index in [4.69, 9.17) is 4.74 Å². The van der Waals surface area contributed by atoms with Gasteiger partial charge in [-0.25, -0.2) is 4.39 Å². The summed E-state index contributed by atoms with van der Waals surface area (Å²) in [4.78, 5) is 11.3. The van der Waals surface area contributed by atoms with Crippen molar-refractivity contribution in [2.45, 2.75) is 13.0 Å². The van der Waals surface area contributed by atoms with Crippen LogP contribution < -0.4 is 4.74 Å². The lowest BCUT2D eigenvalue weighted by Gasteiger charge is -2.11. The van der Waals surface area contributed by atoms with Gasteiger partial charge in [0.25, 0.3) is 0 Å². The third-order valence-electron chi connectivity index (χ3n) is 2.90. The summed E-state index contributed by atoms with van der Waals surface area (Å²) in [6, 6.07) is 13.6. The SMILES string of the molecule is COC(=O)Cc1ccccc1COc1ccccc1F.